The van der Waals surface area contributed by atoms with E-state index in [1.54, 1.807) is 48.5 Å². The maximum Gasteiger partial charge on any atom is 0.262 e. The highest BCUT2D eigenvalue weighted by Crippen LogP contribution is 2.30. The number of hydrogen-bond donors (Lipinski definition) is 4. The number of nitrogens with one attached hydrogen (secondary N) is 4. The van der Waals surface area contributed by atoms with Crippen LogP contribution in [-0.4, -0.2) is 65.7 Å². The zero-order valence-corrected chi connectivity index (χ0v) is 27.3. The van der Waals surface area contributed by atoms with E-state index in [0.29, 0.717) is 40.7 Å². The van der Waals surface area contributed by atoms with Crippen LogP contribution in [0.15, 0.2) is 60.7 Å². The molecule has 49 heavy (non-hydrogen) atoms. The summed E-state index contributed by atoms with van der Waals surface area (Å²) in [6, 6.07) is 18.4. The molecular weight excluding hydrogens is 648 g/mol. The predicted octanol–water partition coefficient (Wildman–Crippen LogP) is 4.65. The molecule has 4 N–H and O–H groups in total. The lowest BCUT2D eigenvalue weighted by Crippen LogP contribution is -2.54. The maximum atomic E-state index is 13.0. The monoisotopic (exact) mass is 682 g/mol. The summed E-state index contributed by atoms with van der Waals surface area (Å²) in [5.41, 5.74) is 3.02. The number of benzene rings is 3. The molecule has 252 valence electrons. The van der Waals surface area contributed by atoms with Gasteiger partial charge in [0.2, 0.25) is 11.8 Å². The zero-order chi connectivity index (χ0) is 34.5. The molecule has 6 rings (SSSR count). The van der Waals surface area contributed by atoms with Crippen LogP contribution in [0.25, 0.3) is 0 Å². The topological polar surface area (TPSA) is 170 Å². The molecule has 2 heterocycles. The third-order valence-electron chi connectivity index (χ3n) is 8.97. The van der Waals surface area contributed by atoms with Gasteiger partial charge in [0.05, 0.1) is 27.8 Å². The number of amides is 5. The fourth-order valence-corrected chi connectivity index (χ4v) is 6.53. The van der Waals surface area contributed by atoms with E-state index in [9.17, 15) is 24.0 Å². The lowest BCUT2D eigenvalue weighted by Gasteiger charge is -2.29. The largest absolute Gasteiger partial charge is 0.490 e. The van der Waals surface area contributed by atoms with Gasteiger partial charge in [-0.3, -0.25) is 34.2 Å². The van der Waals surface area contributed by atoms with Crippen LogP contribution in [0.1, 0.15) is 81.6 Å². The summed E-state index contributed by atoms with van der Waals surface area (Å²) in [5.74, 6) is -1.60. The van der Waals surface area contributed by atoms with E-state index in [-0.39, 0.29) is 42.0 Å². The van der Waals surface area contributed by atoms with Crippen molar-refractivity contribution in [3.05, 3.63) is 87.9 Å². The van der Waals surface area contributed by atoms with E-state index >= 15 is 0 Å². The third-order valence-corrected chi connectivity index (χ3v) is 9.28. The SMILES string of the molecule is N#Cc1ccc(O[C@H]2CC[C@H](NC(=O)c3ccc(NCCCNc4ccc5c(c4)C(=O)N(C4CCC(=O)NC4=O)C5=O)cc3)CC2)cc1Cl. The number of nitrogens with zero attached hydrogens (tertiary/aromatic N) is 2. The van der Waals surface area contributed by atoms with Crippen LogP contribution >= 0.6 is 11.6 Å². The van der Waals surface area contributed by atoms with Crippen LogP contribution in [0.4, 0.5) is 11.4 Å². The fraction of sp³-hybridized carbons (Fsp3) is 0.333. The first-order valence-electron chi connectivity index (χ1n) is 16.3. The summed E-state index contributed by atoms with van der Waals surface area (Å²) in [6.45, 7) is 1.25. The molecule has 0 radical (unpaired) electrons. The van der Waals surface area contributed by atoms with E-state index in [1.165, 1.54) is 0 Å². The van der Waals surface area contributed by atoms with Crippen LogP contribution in [0, 0.1) is 11.3 Å². The van der Waals surface area contributed by atoms with Gasteiger partial charge in [-0.1, -0.05) is 11.6 Å². The number of fused-ring (bicyclic) bond motifs is 1. The number of anilines is 2. The molecule has 2 fully saturated rings. The zero-order valence-electron chi connectivity index (χ0n) is 26.6. The molecule has 3 aliphatic rings. The molecule has 12 nitrogen and oxygen atoms in total. The molecule has 3 aromatic carbocycles. The van der Waals surface area contributed by atoms with Crippen LogP contribution in [-0.2, 0) is 9.59 Å². The highest BCUT2D eigenvalue weighted by molar-refractivity contribution is 6.31. The molecule has 13 heteroatoms. The van der Waals surface area contributed by atoms with Crippen LogP contribution in [0.2, 0.25) is 5.02 Å². The van der Waals surface area contributed by atoms with Gasteiger partial charge in [-0.15, -0.1) is 0 Å². The Morgan fingerprint density at radius 2 is 1.57 bits per heavy atom. The van der Waals surface area contributed by atoms with E-state index in [4.69, 9.17) is 21.6 Å². The van der Waals surface area contributed by atoms with Crippen molar-refractivity contribution in [1.29, 1.82) is 5.26 Å². The number of ether oxygens (including phenoxy) is 1. The summed E-state index contributed by atoms with van der Waals surface area (Å²) in [7, 11) is 0. The Morgan fingerprint density at radius 1 is 0.878 bits per heavy atom. The molecule has 5 amide bonds. The van der Waals surface area contributed by atoms with E-state index < -0.39 is 29.7 Å². The van der Waals surface area contributed by atoms with Crippen molar-refractivity contribution in [3.8, 4) is 11.8 Å². The average molecular weight is 683 g/mol. The smallest absolute Gasteiger partial charge is 0.262 e. The summed E-state index contributed by atoms with van der Waals surface area (Å²) >= 11 is 6.11. The lowest BCUT2D eigenvalue weighted by molar-refractivity contribution is -0.136. The summed E-state index contributed by atoms with van der Waals surface area (Å²) in [5, 5.41) is 21.3. The number of hydrogen-bond acceptors (Lipinski definition) is 9. The van der Waals surface area contributed by atoms with Gasteiger partial charge >= 0.3 is 0 Å². The molecular formula is C36H35ClN6O6. The fourth-order valence-electron chi connectivity index (χ4n) is 6.32. The number of imide groups is 2. The van der Waals surface area contributed by atoms with Crippen molar-refractivity contribution >= 4 is 52.5 Å². The Hall–Kier alpha value is -5.41. The van der Waals surface area contributed by atoms with Crippen molar-refractivity contribution in [2.24, 2.45) is 0 Å². The molecule has 0 bridgehead atoms. The molecule has 1 unspecified atom stereocenters. The highest BCUT2D eigenvalue weighted by atomic mass is 35.5. The van der Waals surface area contributed by atoms with Gasteiger partial charge in [-0.2, -0.15) is 5.26 Å². The molecule has 1 saturated carbocycles. The van der Waals surface area contributed by atoms with Crippen molar-refractivity contribution in [1.82, 2.24) is 15.5 Å². The number of halogens is 1. The minimum atomic E-state index is -0.995. The third kappa shape index (κ3) is 7.68. The van der Waals surface area contributed by atoms with Gasteiger partial charge in [0.15, 0.2) is 0 Å². The number of carbonyl (C=O) groups is 5. The van der Waals surface area contributed by atoms with Gasteiger partial charge in [-0.25, -0.2) is 0 Å². The van der Waals surface area contributed by atoms with E-state index in [2.05, 4.69) is 21.3 Å². The second-order valence-electron chi connectivity index (χ2n) is 12.3. The van der Waals surface area contributed by atoms with Crippen LogP contribution in [0.3, 0.4) is 0 Å². The van der Waals surface area contributed by atoms with Crippen LogP contribution < -0.4 is 26.0 Å². The summed E-state index contributed by atoms with van der Waals surface area (Å²) in [4.78, 5) is 63.5. The van der Waals surface area contributed by atoms with Gasteiger partial charge in [0.1, 0.15) is 17.9 Å². The van der Waals surface area contributed by atoms with Gasteiger partial charge in [0.25, 0.3) is 17.7 Å². The standard InChI is InChI=1S/C36H35ClN6O6/c37-30-19-27(10-4-22(30)20-38)49-26-11-7-24(8-12-26)41-33(45)21-2-5-23(6-3-21)39-16-1-17-40-25-9-13-28-29(18-25)36(48)43(35(28)47)31-14-15-32(44)42-34(31)46/h2-6,9-10,13,18-19,24,26,31,39-40H,1,7-8,11-12,14-17H2,(H,41,45)(H,42,44,46)/t24-,26-,31?. The molecule has 1 saturated heterocycles. The molecule has 1 atom stereocenters. The first kappa shape index (κ1) is 33.5. The second-order valence-corrected chi connectivity index (χ2v) is 12.7. The van der Waals surface area contributed by atoms with Crippen molar-refractivity contribution in [3.63, 3.8) is 0 Å². The van der Waals surface area contributed by atoms with Gasteiger partial charge in [-0.05, 0) is 93.1 Å². The Morgan fingerprint density at radius 3 is 2.27 bits per heavy atom. The van der Waals surface area contributed by atoms with E-state index in [0.717, 1.165) is 42.7 Å². The lowest BCUT2D eigenvalue weighted by atomic mass is 9.92. The van der Waals surface area contributed by atoms with Gasteiger partial charge in [0, 0.05) is 48.6 Å². The molecule has 0 spiro atoms. The normalized spacial score (nSPS) is 20.2. The number of piperidine rings is 1. The molecule has 2 aliphatic heterocycles. The first-order chi connectivity index (χ1) is 23.7. The number of carbonyl (C=O) groups excluding carboxylic acids is 5. The minimum absolute atomic E-state index is 0.0267. The first-order valence-corrected chi connectivity index (χ1v) is 16.7. The second kappa shape index (κ2) is 14.8. The Kier molecular flexibility index (Phi) is 10.1. The molecule has 3 aromatic rings. The van der Waals surface area contributed by atoms with E-state index in [1.807, 2.05) is 18.2 Å². The van der Waals surface area contributed by atoms with Gasteiger partial charge < -0.3 is 20.7 Å². The quantitative estimate of drug-likeness (QED) is 0.166. The Balaban J connectivity index is 0.901. The predicted molar refractivity (Wildman–Crippen MR) is 181 cm³/mol. The molecule has 0 aromatic heterocycles. The minimum Gasteiger partial charge on any atom is -0.490 e. The van der Waals surface area contributed by atoms with Crippen molar-refractivity contribution in [2.45, 2.75) is 63.1 Å². The summed E-state index contributed by atoms with van der Waals surface area (Å²) in [6.07, 6.45) is 4.16. The molecule has 1 aliphatic carbocycles. The average Bonchev–Trinajstić information content (AvgIpc) is 3.34. The summed E-state index contributed by atoms with van der Waals surface area (Å²) < 4.78 is 6.05. The Labute approximate surface area is 288 Å². The van der Waals surface area contributed by atoms with Crippen LogP contribution in [0.5, 0.6) is 5.75 Å². The maximum absolute atomic E-state index is 13.0. The number of nitriles is 1. The van der Waals surface area contributed by atoms with Crippen molar-refractivity contribution in [2.75, 3.05) is 23.7 Å². The van der Waals surface area contributed by atoms with Crippen molar-refractivity contribution < 1.29 is 28.7 Å². The number of rotatable bonds is 11. The Bertz CT molecular complexity index is 1830. The highest BCUT2D eigenvalue weighted by Gasteiger charge is 2.44.